The highest BCUT2D eigenvalue weighted by atomic mass is 35.5. The van der Waals surface area contributed by atoms with Crippen LogP contribution in [0.1, 0.15) is 40.7 Å². The van der Waals surface area contributed by atoms with Crippen LogP contribution >= 0.6 is 23.2 Å². The Morgan fingerprint density at radius 3 is 2.53 bits per heavy atom. The summed E-state index contributed by atoms with van der Waals surface area (Å²) in [5, 5.41) is 47.7. The van der Waals surface area contributed by atoms with E-state index in [1.807, 2.05) is 47.3 Å². The molecule has 0 radical (unpaired) electrons. The number of aryl methyl sites for hydroxylation is 1. The molecule has 1 saturated heterocycles. The number of carboxylic acid groups (broad SMARTS) is 1. The lowest BCUT2D eigenvalue weighted by Crippen LogP contribution is -2.39. The third-order valence-electron chi connectivity index (χ3n) is 10.3. The number of hydrogen-bond donors (Lipinski definition) is 4. The fourth-order valence-corrected chi connectivity index (χ4v) is 7.83. The summed E-state index contributed by atoms with van der Waals surface area (Å²) in [4.78, 5) is 18.0. The van der Waals surface area contributed by atoms with Crippen LogP contribution in [0.25, 0.3) is 33.2 Å². The molecule has 3 heterocycles. The van der Waals surface area contributed by atoms with Gasteiger partial charge in [0.2, 0.25) is 0 Å². The van der Waals surface area contributed by atoms with Crippen molar-refractivity contribution in [1.82, 2.24) is 25.0 Å². The van der Waals surface area contributed by atoms with E-state index in [9.17, 15) is 25.4 Å². The molecular formula is C44H42Cl2N6O5. The maximum atomic E-state index is 11.6. The number of hydrogen-bond acceptors (Lipinski definition) is 9. The van der Waals surface area contributed by atoms with E-state index in [2.05, 4.69) is 45.5 Å². The summed E-state index contributed by atoms with van der Waals surface area (Å²) in [6.07, 6.45) is 7.59. The van der Waals surface area contributed by atoms with Crippen LogP contribution in [-0.2, 0) is 30.9 Å². The largest absolute Gasteiger partial charge is 0.489 e. The van der Waals surface area contributed by atoms with E-state index in [-0.39, 0.29) is 19.3 Å². The molecule has 2 aromatic heterocycles. The molecule has 7 rings (SSSR count). The van der Waals surface area contributed by atoms with Gasteiger partial charge >= 0.3 is 5.97 Å². The third kappa shape index (κ3) is 9.46. The standard InChI is InChI=1S/C44H42Cl2N6O5/c45-39-17-32(22-49-40(26-53)44(55)56)42(57-27-30-16-29(19-47)20-48-21-30)18-33(39)24-52-41-8-2-6-36(38(41)23-50-52)37-7-1-5-35(43(37)46)31-11-9-28(10-12-31)4-3-14-51-15-13-34(54)25-51/h1-2,5-12,16-18,20-21,23,34,40,49,53-54H,3-4,13-15,22,24-27H2,(H,55,56)/t34-,40+/m1/s1. The number of aliphatic hydroxyl groups excluding tert-OH is 2. The smallest absolute Gasteiger partial charge is 0.323 e. The van der Waals surface area contributed by atoms with Crippen LogP contribution in [0.5, 0.6) is 5.75 Å². The minimum absolute atomic E-state index is 0.0622. The minimum atomic E-state index is -1.18. The average molecular weight is 806 g/mol. The Morgan fingerprint density at radius 2 is 1.77 bits per heavy atom. The first-order chi connectivity index (χ1) is 27.7. The summed E-state index contributed by atoms with van der Waals surface area (Å²) < 4.78 is 8.08. The molecule has 11 nitrogen and oxygen atoms in total. The summed E-state index contributed by atoms with van der Waals surface area (Å²) >= 11 is 14.0. The van der Waals surface area contributed by atoms with Crippen molar-refractivity contribution >= 4 is 40.1 Å². The number of halogens is 2. The van der Waals surface area contributed by atoms with Gasteiger partial charge in [-0.15, -0.1) is 0 Å². The third-order valence-corrected chi connectivity index (χ3v) is 11.1. The molecule has 1 aliphatic rings. The Bertz CT molecular complexity index is 2410. The number of aliphatic carboxylic acids is 1. The molecule has 13 heteroatoms. The molecule has 6 aromatic rings. The van der Waals surface area contributed by atoms with E-state index in [0.717, 1.165) is 72.1 Å². The highest BCUT2D eigenvalue weighted by Crippen LogP contribution is 2.39. The van der Waals surface area contributed by atoms with Crippen molar-refractivity contribution in [1.29, 1.82) is 5.26 Å². The molecule has 0 amide bonds. The van der Waals surface area contributed by atoms with Crippen molar-refractivity contribution in [2.24, 2.45) is 0 Å². The van der Waals surface area contributed by atoms with Gasteiger partial charge in [0.15, 0.2) is 0 Å². The monoisotopic (exact) mass is 804 g/mol. The predicted octanol–water partition coefficient (Wildman–Crippen LogP) is 7.11. The molecule has 0 aliphatic carbocycles. The Morgan fingerprint density at radius 1 is 0.982 bits per heavy atom. The number of aliphatic hydroxyl groups is 2. The first-order valence-corrected chi connectivity index (χ1v) is 19.5. The number of fused-ring (bicyclic) bond motifs is 1. The van der Waals surface area contributed by atoms with Gasteiger partial charge in [0, 0.05) is 64.7 Å². The van der Waals surface area contributed by atoms with Gasteiger partial charge in [-0.3, -0.25) is 19.8 Å². The fraction of sp³-hybridized carbons (Fsp3) is 0.273. The summed E-state index contributed by atoms with van der Waals surface area (Å²) in [5.41, 5.74) is 8.32. The summed E-state index contributed by atoms with van der Waals surface area (Å²) in [6.45, 7) is 2.60. The second-order valence-corrected chi connectivity index (χ2v) is 15.0. The van der Waals surface area contributed by atoms with Crippen molar-refractivity contribution in [2.75, 3.05) is 26.2 Å². The number of nitrogens with one attached hydrogen (secondary N) is 1. The Balaban J connectivity index is 1.12. The zero-order chi connectivity index (χ0) is 39.9. The lowest BCUT2D eigenvalue weighted by atomic mass is 9.96. The Labute approximate surface area is 340 Å². The van der Waals surface area contributed by atoms with E-state index in [1.165, 1.54) is 11.8 Å². The zero-order valence-electron chi connectivity index (χ0n) is 31.1. The molecule has 1 fully saturated rings. The van der Waals surface area contributed by atoms with Gasteiger partial charge in [0.1, 0.15) is 24.5 Å². The van der Waals surface area contributed by atoms with E-state index in [0.29, 0.717) is 44.6 Å². The van der Waals surface area contributed by atoms with E-state index in [4.69, 9.17) is 33.0 Å². The van der Waals surface area contributed by atoms with Gasteiger partial charge < -0.3 is 25.0 Å². The van der Waals surface area contributed by atoms with Crippen LogP contribution in [0, 0.1) is 11.3 Å². The van der Waals surface area contributed by atoms with Crippen molar-refractivity contribution in [2.45, 2.75) is 51.1 Å². The lowest BCUT2D eigenvalue weighted by molar-refractivity contribution is -0.140. The number of benzene rings is 4. The van der Waals surface area contributed by atoms with Crippen molar-refractivity contribution in [3.63, 3.8) is 0 Å². The maximum Gasteiger partial charge on any atom is 0.323 e. The van der Waals surface area contributed by atoms with Crippen LogP contribution in [-0.4, -0.2) is 79.3 Å². The fourth-order valence-electron chi connectivity index (χ4n) is 7.24. The summed E-state index contributed by atoms with van der Waals surface area (Å²) in [7, 11) is 0. The summed E-state index contributed by atoms with van der Waals surface area (Å²) in [6, 6.07) is 26.8. The van der Waals surface area contributed by atoms with Gasteiger partial charge in [-0.25, -0.2) is 0 Å². The Kier molecular flexibility index (Phi) is 12.8. The van der Waals surface area contributed by atoms with Crippen LogP contribution < -0.4 is 10.1 Å². The molecule has 57 heavy (non-hydrogen) atoms. The zero-order valence-corrected chi connectivity index (χ0v) is 32.6. The lowest BCUT2D eigenvalue weighted by Gasteiger charge is -2.18. The number of nitriles is 1. The number of rotatable bonds is 16. The first-order valence-electron chi connectivity index (χ1n) is 18.8. The van der Waals surface area contributed by atoms with Crippen LogP contribution in [0.4, 0.5) is 0 Å². The second kappa shape index (κ2) is 18.3. The van der Waals surface area contributed by atoms with Gasteiger partial charge in [-0.05, 0) is 72.3 Å². The number of aromatic nitrogens is 3. The number of carbonyl (C=O) groups is 1. The first kappa shape index (κ1) is 39.9. The molecule has 0 spiro atoms. The molecule has 4 aromatic carbocycles. The predicted molar refractivity (Wildman–Crippen MR) is 220 cm³/mol. The highest BCUT2D eigenvalue weighted by Gasteiger charge is 2.21. The summed E-state index contributed by atoms with van der Waals surface area (Å²) in [5.74, 6) is -0.737. The van der Waals surface area contributed by atoms with Crippen molar-refractivity contribution in [3.05, 3.63) is 135 Å². The number of β-amino-alcohol motifs (C(OH)–C–C–N with tert-alkyl or cyclic N) is 1. The normalized spacial score (nSPS) is 14.8. The van der Waals surface area contributed by atoms with Crippen molar-refractivity contribution < 1.29 is 24.9 Å². The van der Waals surface area contributed by atoms with Crippen molar-refractivity contribution in [3.8, 4) is 34.1 Å². The molecule has 2 atom stereocenters. The molecular weight excluding hydrogens is 763 g/mol. The van der Waals surface area contributed by atoms with Crippen LogP contribution in [0.3, 0.4) is 0 Å². The van der Waals surface area contributed by atoms with Gasteiger partial charge in [0.25, 0.3) is 0 Å². The minimum Gasteiger partial charge on any atom is -0.489 e. The van der Waals surface area contributed by atoms with Gasteiger partial charge in [-0.2, -0.15) is 10.4 Å². The van der Waals surface area contributed by atoms with Gasteiger partial charge in [-0.1, -0.05) is 77.8 Å². The number of nitrogens with zero attached hydrogens (tertiary/aromatic N) is 5. The molecule has 4 N–H and O–H groups in total. The molecule has 292 valence electrons. The SMILES string of the molecule is N#Cc1cncc(COc2cc(Cn3ncc4c(-c5cccc(-c6ccc(CCCN7CC[C@@H](O)C7)cc6)c5Cl)cccc43)c(Cl)cc2CN[C@@H](CO)C(=O)O)c1. The maximum absolute atomic E-state index is 11.6. The second-order valence-electron chi connectivity index (χ2n) is 14.2. The number of carboxylic acids is 1. The number of likely N-dealkylation sites (tertiary alicyclic amines) is 1. The molecule has 0 unspecified atom stereocenters. The van der Waals surface area contributed by atoms with E-state index in [1.54, 1.807) is 24.4 Å². The van der Waals surface area contributed by atoms with E-state index < -0.39 is 18.6 Å². The topological polar surface area (TPSA) is 157 Å². The van der Waals surface area contributed by atoms with E-state index >= 15 is 0 Å². The highest BCUT2D eigenvalue weighted by molar-refractivity contribution is 6.36. The Hall–Kier alpha value is -5.32. The van der Waals surface area contributed by atoms with Crippen LogP contribution in [0.15, 0.2) is 97.5 Å². The average Bonchev–Trinajstić information content (AvgIpc) is 3.84. The molecule has 0 saturated carbocycles. The number of pyridine rings is 1. The number of ether oxygens (including phenoxy) is 1. The van der Waals surface area contributed by atoms with Crippen LogP contribution in [0.2, 0.25) is 10.0 Å². The quantitative estimate of drug-likeness (QED) is 0.0796. The molecule has 0 bridgehead atoms. The van der Waals surface area contributed by atoms with Gasteiger partial charge in [0.05, 0.1) is 41.6 Å². The molecule has 1 aliphatic heterocycles.